The SMILES string of the molecule is CC(C)N1CCN(C(=O)c2ccc3c(ccn3-c3cncnc3)c2)CC1. The van der Waals surface area contributed by atoms with E-state index in [0.29, 0.717) is 6.04 Å². The lowest BCUT2D eigenvalue weighted by atomic mass is 10.1. The molecule has 0 aliphatic carbocycles. The van der Waals surface area contributed by atoms with Gasteiger partial charge in [-0.25, -0.2) is 9.97 Å². The summed E-state index contributed by atoms with van der Waals surface area (Å²) in [6.45, 7) is 7.86. The van der Waals surface area contributed by atoms with Gasteiger partial charge in [-0.15, -0.1) is 0 Å². The van der Waals surface area contributed by atoms with Crippen LogP contribution < -0.4 is 0 Å². The van der Waals surface area contributed by atoms with Gasteiger partial charge in [0.2, 0.25) is 0 Å². The highest BCUT2D eigenvalue weighted by Crippen LogP contribution is 2.22. The van der Waals surface area contributed by atoms with Gasteiger partial charge >= 0.3 is 0 Å². The summed E-state index contributed by atoms with van der Waals surface area (Å²) in [5, 5.41) is 1.04. The van der Waals surface area contributed by atoms with E-state index in [1.807, 2.05) is 39.9 Å². The van der Waals surface area contributed by atoms with Gasteiger partial charge in [0.1, 0.15) is 6.33 Å². The molecule has 1 aliphatic rings. The Morgan fingerprint density at radius 3 is 2.46 bits per heavy atom. The van der Waals surface area contributed by atoms with Gasteiger partial charge in [0.05, 0.1) is 23.6 Å². The number of nitrogens with zero attached hydrogens (tertiary/aromatic N) is 5. The molecule has 1 amide bonds. The molecule has 0 atom stereocenters. The lowest BCUT2D eigenvalue weighted by molar-refractivity contribution is 0.0595. The highest BCUT2D eigenvalue weighted by Gasteiger charge is 2.23. The number of carbonyl (C=O) groups is 1. The molecule has 2 aromatic heterocycles. The van der Waals surface area contributed by atoms with E-state index in [1.54, 1.807) is 12.4 Å². The van der Waals surface area contributed by atoms with E-state index in [4.69, 9.17) is 0 Å². The average molecular weight is 349 g/mol. The summed E-state index contributed by atoms with van der Waals surface area (Å²) in [5.41, 5.74) is 2.70. The Hall–Kier alpha value is -2.73. The summed E-state index contributed by atoms with van der Waals surface area (Å²) >= 11 is 0. The van der Waals surface area contributed by atoms with Crippen molar-refractivity contribution in [2.45, 2.75) is 19.9 Å². The quantitative estimate of drug-likeness (QED) is 0.729. The Morgan fingerprint density at radius 1 is 1.04 bits per heavy atom. The molecular formula is C20H23N5O. The van der Waals surface area contributed by atoms with Crippen LogP contribution in [-0.4, -0.2) is 62.5 Å². The zero-order valence-corrected chi connectivity index (χ0v) is 15.2. The normalized spacial score (nSPS) is 15.7. The second-order valence-electron chi connectivity index (χ2n) is 6.98. The summed E-state index contributed by atoms with van der Waals surface area (Å²) in [6.07, 6.45) is 7.06. The van der Waals surface area contributed by atoms with Crippen molar-refractivity contribution < 1.29 is 4.79 Å². The summed E-state index contributed by atoms with van der Waals surface area (Å²) in [7, 11) is 0. The molecule has 4 rings (SSSR count). The Kier molecular flexibility index (Phi) is 4.42. The summed E-state index contributed by atoms with van der Waals surface area (Å²) in [4.78, 5) is 25.4. The van der Waals surface area contributed by atoms with Gasteiger partial charge < -0.3 is 9.47 Å². The monoisotopic (exact) mass is 349 g/mol. The molecule has 3 heterocycles. The molecule has 0 radical (unpaired) electrons. The Labute approximate surface area is 153 Å². The highest BCUT2D eigenvalue weighted by atomic mass is 16.2. The number of fused-ring (bicyclic) bond motifs is 1. The first-order chi connectivity index (χ1) is 12.6. The van der Waals surface area contributed by atoms with Crippen LogP contribution in [-0.2, 0) is 0 Å². The number of benzene rings is 1. The topological polar surface area (TPSA) is 54.3 Å². The molecule has 0 spiro atoms. The van der Waals surface area contributed by atoms with Crippen LogP contribution in [0.4, 0.5) is 0 Å². The molecule has 0 saturated carbocycles. The summed E-state index contributed by atoms with van der Waals surface area (Å²) in [5.74, 6) is 0.117. The van der Waals surface area contributed by atoms with Crippen LogP contribution in [0.15, 0.2) is 49.2 Å². The van der Waals surface area contributed by atoms with Crippen molar-refractivity contribution in [1.29, 1.82) is 0 Å². The molecule has 6 heteroatoms. The van der Waals surface area contributed by atoms with Crippen molar-refractivity contribution >= 4 is 16.8 Å². The van der Waals surface area contributed by atoms with E-state index in [9.17, 15) is 4.79 Å². The fourth-order valence-electron chi connectivity index (χ4n) is 3.54. The van der Waals surface area contributed by atoms with Crippen LogP contribution in [0.3, 0.4) is 0 Å². The van der Waals surface area contributed by atoms with Crippen LogP contribution in [0.5, 0.6) is 0 Å². The number of aromatic nitrogens is 3. The lowest BCUT2D eigenvalue weighted by Gasteiger charge is -2.37. The van der Waals surface area contributed by atoms with Gasteiger partial charge in [0.25, 0.3) is 5.91 Å². The largest absolute Gasteiger partial charge is 0.336 e. The number of hydrogen-bond acceptors (Lipinski definition) is 4. The van der Waals surface area contributed by atoms with E-state index in [2.05, 4.69) is 28.7 Å². The molecule has 0 bridgehead atoms. The van der Waals surface area contributed by atoms with E-state index >= 15 is 0 Å². The Bertz CT molecular complexity index is 910. The minimum Gasteiger partial charge on any atom is -0.336 e. The zero-order chi connectivity index (χ0) is 18.1. The van der Waals surface area contributed by atoms with Gasteiger partial charge in [0.15, 0.2) is 0 Å². The number of piperazine rings is 1. The van der Waals surface area contributed by atoms with Gasteiger partial charge in [-0.3, -0.25) is 9.69 Å². The third kappa shape index (κ3) is 3.08. The van der Waals surface area contributed by atoms with Gasteiger partial charge in [0, 0.05) is 49.4 Å². The maximum atomic E-state index is 12.9. The molecular weight excluding hydrogens is 326 g/mol. The lowest BCUT2D eigenvalue weighted by Crippen LogP contribution is -2.50. The van der Waals surface area contributed by atoms with Crippen molar-refractivity contribution in [2.75, 3.05) is 26.2 Å². The first kappa shape index (κ1) is 16.7. The van der Waals surface area contributed by atoms with E-state index in [1.165, 1.54) is 6.33 Å². The fraction of sp³-hybridized carbons (Fsp3) is 0.350. The number of amides is 1. The van der Waals surface area contributed by atoms with Crippen LogP contribution in [0, 0.1) is 0 Å². The number of rotatable bonds is 3. The minimum absolute atomic E-state index is 0.117. The molecule has 0 N–H and O–H groups in total. The third-order valence-electron chi connectivity index (χ3n) is 5.09. The highest BCUT2D eigenvalue weighted by molar-refractivity contribution is 5.98. The van der Waals surface area contributed by atoms with Crippen molar-refractivity contribution in [2.24, 2.45) is 0 Å². The first-order valence-corrected chi connectivity index (χ1v) is 9.03. The molecule has 1 fully saturated rings. The van der Waals surface area contributed by atoms with Crippen LogP contribution in [0.2, 0.25) is 0 Å². The van der Waals surface area contributed by atoms with Crippen molar-refractivity contribution in [3.05, 3.63) is 54.7 Å². The average Bonchev–Trinajstić information content (AvgIpc) is 3.11. The van der Waals surface area contributed by atoms with Gasteiger partial charge in [-0.1, -0.05) is 0 Å². The molecule has 6 nitrogen and oxygen atoms in total. The second-order valence-corrected chi connectivity index (χ2v) is 6.98. The van der Waals surface area contributed by atoms with E-state index in [-0.39, 0.29) is 5.91 Å². The van der Waals surface area contributed by atoms with Crippen molar-refractivity contribution in [1.82, 2.24) is 24.3 Å². The van der Waals surface area contributed by atoms with Crippen LogP contribution in [0.1, 0.15) is 24.2 Å². The van der Waals surface area contributed by atoms with E-state index in [0.717, 1.165) is 48.3 Å². The predicted molar refractivity (Wildman–Crippen MR) is 101 cm³/mol. The number of carbonyl (C=O) groups excluding carboxylic acids is 1. The Morgan fingerprint density at radius 2 is 1.77 bits per heavy atom. The summed E-state index contributed by atoms with van der Waals surface area (Å²) < 4.78 is 2.03. The maximum Gasteiger partial charge on any atom is 0.253 e. The standard InChI is InChI=1S/C20H23N5O/c1-15(2)23-7-9-24(10-8-23)20(26)17-3-4-19-16(11-17)5-6-25(19)18-12-21-14-22-13-18/h3-6,11-15H,7-10H2,1-2H3. The molecule has 134 valence electrons. The molecule has 26 heavy (non-hydrogen) atoms. The second kappa shape index (κ2) is 6.88. The number of hydrogen-bond donors (Lipinski definition) is 0. The van der Waals surface area contributed by atoms with Crippen LogP contribution >= 0.6 is 0 Å². The van der Waals surface area contributed by atoms with Gasteiger partial charge in [-0.05, 0) is 38.1 Å². The molecule has 1 aliphatic heterocycles. The first-order valence-electron chi connectivity index (χ1n) is 9.03. The maximum absolute atomic E-state index is 12.9. The van der Waals surface area contributed by atoms with Crippen molar-refractivity contribution in [3.63, 3.8) is 0 Å². The predicted octanol–water partition coefficient (Wildman–Crippen LogP) is 2.59. The van der Waals surface area contributed by atoms with Gasteiger partial charge in [-0.2, -0.15) is 0 Å². The van der Waals surface area contributed by atoms with Crippen molar-refractivity contribution in [3.8, 4) is 5.69 Å². The zero-order valence-electron chi connectivity index (χ0n) is 15.2. The minimum atomic E-state index is 0.117. The molecule has 1 saturated heterocycles. The van der Waals surface area contributed by atoms with E-state index < -0.39 is 0 Å². The Balaban J connectivity index is 1.56. The fourth-order valence-corrected chi connectivity index (χ4v) is 3.54. The summed E-state index contributed by atoms with van der Waals surface area (Å²) in [6, 6.07) is 8.45. The van der Waals surface area contributed by atoms with Crippen LogP contribution in [0.25, 0.3) is 16.6 Å². The third-order valence-corrected chi connectivity index (χ3v) is 5.09. The molecule has 1 aromatic carbocycles. The smallest absolute Gasteiger partial charge is 0.253 e. The molecule has 3 aromatic rings. The molecule has 0 unspecified atom stereocenters.